The second-order valence-electron chi connectivity index (χ2n) is 3.83. The van der Waals surface area contributed by atoms with Crippen molar-refractivity contribution in [3.8, 4) is 0 Å². The van der Waals surface area contributed by atoms with Crippen molar-refractivity contribution >= 4 is 21.8 Å². The van der Waals surface area contributed by atoms with Gasteiger partial charge in [-0.3, -0.25) is 9.59 Å². The fourth-order valence-electron chi connectivity index (χ4n) is 1.87. The van der Waals surface area contributed by atoms with E-state index in [2.05, 4.69) is 9.47 Å². The number of ether oxygens (including phenoxy) is 2. The van der Waals surface area contributed by atoms with Crippen molar-refractivity contribution in [2.24, 2.45) is 11.8 Å². The van der Waals surface area contributed by atoms with Crippen LogP contribution in [0.25, 0.3) is 0 Å². The third kappa shape index (κ3) is 2.95. The highest BCUT2D eigenvalue weighted by Crippen LogP contribution is 2.28. The Morgan fingerprint density at radius 3 is 1.94 bits per heavy atom. The highest BCUT2D eigenvalue weighted by Gasteiger charge is 2.48. The van der Waals surface area contributed by atoms with Crippen molar-refractivity contribution in [2.45, 2.75) is 6.10 Å². The molecule has 0 aromatic heterocycles. The first-order valence-electron chi connectivity index (χ1n) is 4.86. The summed E-state index contributed by atoms with van der Waals surface area (Å²) in [4.78, 5) is 22.9. The monoisotopic (exact) mass is 266 g/mol. The minimum absolute atomic E-state index is 0.428. The summed E-state index contributed by atoms with van der Waals surface area (Å²) < 4.78 is 31.5. The van der Waals surface area contributed by atoms with Crippen LogP contribution in [-0.4, -0.2) is 57.3 Å². The summed E-state index contributed by atoms with van der Waals surface area (Å²) in [6.07, 6.45) is -1.26. The maximum Gasteiger partial charge on any atom is 0.320 e. The van der Waals surface area contributed by atoms with Gasteiger partial charge in [0.05, 0.1) is 31.8 Å². The second-order valence-corrected chi connectivity index (χ2v) is 5.99. The Bertz CT molecular complexity index is 397. The molecule has 17 heavy (non-hydrogen) atoms. The summed E-state index contributed by atoms with van der Waals surface area (Å²) in [5.74, 6) is -5.11. The van der Waals surface area contributed by atoms with Crippen molar-refractivity contribution in [3.05, 3.63) is 0 Å². The van der Waals surface area contributed by atoms with Crippen molar-refractivity contribution in [3.63, 3.8) is 0 Å². The average molecular weight is 266 g/mol. The molecular formula is C9H14O7S. The molecule has 2 unspecified atom stereocenters. The molecule has 2 atom stereocenters. The molecule has 98 valence electrons. The van der Waals surface area contributed by atoms with Gasteiger partial charge in [-0.05, 0) is 0 Å². The summed E-state index contributed by atoms with van der Waals surface area (Å²) >= 11 is 0. The van der Waals surface area contributed by atoms with Crippen LogP contribution < -0.4 is 0 Å². The standard InChI is InChI=1S/C9H14O7S/c1-15-8(11)7(9(12)16-2)5-3-17(13,14)4-6(5)10/h5-7,10H,3-4H2,1-2H3. The van der Waals surface area contributed by atoms with Gasteiger partial charge in [0.2, 0.25) is 0 Å². The number of carbonyl (C=O) groups is 2. The molecular weight excluding hydrogens is 252 g/mol. The SMILES string of the molecule is COC(=O)C(C(=O)OC)C1CS(=O)(=O)CC1O. The first-order valence-corrected chi connectivity index (χ1v) is 6.68. The van der Waals surface area contributed by atoms with Gasteiger partial charge >= 0.3 is 11.9 Å². The van der Waals surface area contributed by atoms with Crippen molar-refractivity contribution < 1.29 is 32.6 Å². The van der Waals surface area contributed by atoms with Crippen LogP contribution in [-0.2, 0) is 28.9 Å². The molecule has 0 aromatic rings. The highest BCUT2D eigenvalue weighted by atomic mass is 32.2. The Morgan fingerprint density at radius 1 is 1.18 bits per heavy atom. The van der Waals surface area contributed by atoms with Crippen LogP contribution in [0.2, 0.25) is 0 Å². The number of aliphatic hydroxyl groups excluding tert-OH is 1. The van der Waals surface area contributed by atoms with Crippen LogP contribution in [0.5, 0.6) is 0 Å². The summed E-state index contributed by atoms with van der Waals surface area (Å²) in [5.41, 5.74) is 0. The molecule has 0 amide bonds. The molecule has 1 fully saturated rings. The molecule has 0 saturated carbocycles. The lowest BCUT2D eigenvalue weighted by atomic mass is 9.90. The summed E-state index contributed by atoms with van der Waals surface area (Å²) in [6, 6.07) is 0. The smallest absolute Gasteiger partial charge is 0.320 e. The largest absolute Gasteiger partial charge is 0.468 e. The lowest BCUT2D eigenvalue weighted by Gasteiger charge is -2.20. The fourth-order valence-corrected chi connectivity index (χ4v) is 3.78. The molecule has 7 nitrogen and oxygen atoms in total. The Balaban J connectivity index is 3.00. The Labute approximate surface area is 98.6 Å². The minimum Gasteiger partial charge on any atom is -0.468 e. The highest BCUT2D eigenvalue weighted by molar-refractivity contribution is 7.91. The van der Waals surface area contributed by atoms with Crippen LogP contribution in [0.3, 0.4) is 0 Å². The summed E-state index contributed by atoms with van der Waals surface area (Å²) in [7, 11) is -1.28. The van der Waals surface area contributed by atoms with Crippen molar-refractivity contribution in [2.75, 3.05) is 25.7 Å². The molecule has 0 bridgehead atoms. The Morgan fingerprint density at radius 2 is 1.65 bits per heavy atom. The molecule has 1 rings (SSSR count). The number of esters is 2. The van der Waals surface area contributed by atoms with Gasteiger partial charge in [-0.15, -0.1) is 0 Å². The molecule has 1 aliphatic heterocycles. The van der Waals surface area contributed by atoms with Crippen LogP contribution >= 0.6 is 0 Å². The number of hydrogen-bond acceptors (Lipinski definition) is 7. The molecule has 0 aliphatic carbocycles. The maximum absolute atomic E-state index is 11.4. The molecule has 0 spiro atoms. The van der Waals surface area contributed by atoms with E-state index in [-0.39, 0.29) is 0 Å². The van der Waals surface area contributed by atoms with Gasteiger partial charge in [-0.1, -0.05) is 0 Å². The topological polar surface area (TPSA) is 107 Å². The first-order chi connectivity index (χ1) is 7.82. The van der Waals surface area contributed by atoms with E-state index in [0.717, 1.165) is 14.2 Å². The second kappa shape index (κ2) is 5.01. The number of hydrogen-bond donors (Lipinski definition) is 1. The van der Waals surface area contributed by atoms with Crippen LogP contribution in [0.1, 0.15) is 0 Å². The zero-order valence-corrected chi connectivity index (χ0v) is 10.3. The number of methoxy groups -OCH3 is 2. The van der Waals surface area contributed by atoms with E-state index in [1.165, 1.54) is 0 Å². The first kappa shape index (κ1) is 13.9. The van der Waals surface area contributed by atoms with Gasteiger partial charge in [0.15, 0.2) is 15.8 Å². The number of sulfone groups is 1. The van der Waals surface area contributed by atoms with Crippen LogP contribution in [0, 0.1) is 11.8 Å². The predicted molar refractivity (Wildman–Crippen MR) is 55.7 cm³/mol. The Kier molecular flexibility index (Phi) is 4.10. The molecule has 1 aliphatic rings. The molecule has 1 heterocycles. The van der Waals surface area contributed by atoms with E-state index in [4.69, 9.17) is 0 Å². The third-order valence-electron chi connectivity index (χ3n) is 2.70. The summed E-state index contributed by atoms with van der Waals surface area (Å²) in [5, 5.41) is 9.59. The number of carbonyl (C=O) groups excluding carboxylic acids is 2. The zero-order valence-electron chi connectivity index (χ0n) is 9.45. The Hall–Kier alpha value is -1.15. The van der Waals surface area contributed by atoms with Gasteiger partial charge < -0.3 is 14.6 Å². The lowest BCUT2D eigenvalue weighted by molar-refractivity contribution is -0.162. The lowest BCUT2D eigenvalue weighted by Crippen LogP contribution is -2.38. The van der Waals surface area contributed by atoms with E-state index < -0.39 is 51.2 Å². The van der Waals surface area contributed by atoms with E-state index in [9.17, 15) is 23.1 Å². The number of rotatable bonds is 3. The van der Waals surface area contributed by atoms with E-state index in [1.807, 2.05) is 0 Å². The summed E-state index contributed by atoms with van der Waals surface area (Å²) in [6.45, 7) is 0. The molecule has 0 radical (unpaired) electrons. The van der Waals surface area contributed by atoms with Crippen molar-refractivity contribution in [1.82, 2.24) is 0 Å². The van der Waals surface area contributed by atoms with Crippen molar-refractivity contribution in [1.29, 1.82) is 0 Å². The minimum atomic E-state index is -3.44. The normalized spacial score (nSPS) is 26.8. The zero-order chi connectivity index (χ0) is 13.2. The van der Waals surface area contributed by atoms with Crippen LogP contribution in [0.4, 0.5) is 0 Å². The maximum atomic E-state index is 11.4. The molecule has 1 saturated heterocycles. The molecule has 1 N–H and O–H groups in total. The van der Waals surface area contributed by atoms with E-state index in [0.29, 0.717) is 0 Å². The molecule has 8 heteroatoms. The predicted octanol–water partition coefficient (Wildman–Crippen LogP) is -1.65. The number of aliphatic hydroxyl groups is 1. The quantitative estimate of drug-likeness (QED) is 0.482. The van der Waals surface area contributed by atoms with E-state index in [1.54, 1.807) is 0 Å². The van der Waals surface area contributed by atoms with Gasteiger partial charge in [0.25, 0.3) is 0 Å². The van der Waals surface area contributed by atoms with Gasteiger partial charge in [-0.2, -0.15) is 0 Å². The average Bonchev–Trinajstić information content (AvgIpc) is 2.52. The van der Waals surface area contributed by atoms with E-state index >= 15 is 0 Å². The fraction of sp³-hybridized carbons (Fsp3) is 0.778. The third-order valence-corrected chi connectivity index (χ3v) is 4.45. The van der Waals surface area contributed by atoms with Crippen LogP contribution in [0.15, 0.2) is 0 Å². The van der Waals surface area contributed by atoms with Gasteiger partial charge in [-0.25, -0.2) is 8.42 Å². The molecule has 0 aromatic carbocycles. The van der Waals surface area contributed by atoms with Gasteiger partial charge in [0, 0.05) is 5.92 Å². The van der Waals surface area contributed by atoms with Gasteiger partial charge in [0.1, 0.15) is 0 Å².